The Bertz CT molecular complexity index is 945. The molecule has 2 aromatic carbocycles. The molecule has 0 bridgehead atoms. The summed E-state index contributed by atoms with van der Waals surface area (Å²) < 4.78 is 6.22. The van der Waals surface area contributed by atoms with Gasteiger partial charge >= 0.3 is 0 Å². The quantitative estimate of drug-likeness (QED) is 0.870. The predicted octanol–water partition coefficient (Wildman–Crippen LogP) is 3.29. The SMILES string of the molecule is CC(=O)Nc1cccc(C(=O)N2CCC3(CC2)CC(=O)c2ccccc2O3)c1. The standard InChI is InChI=1S/C22H22N2O4/c1-15(25)23-17-6-4-5-16(13-17)21(27)24-11-9-22(10-12-24)14-19(26)18-7-2-3-8-20(18)28-22/h2-8,13H,9-12,14H2,1H3,(H,23,25). The number of benzene rings is 2. The molecule has 0 atom stereocenters. The normalized spacial score (nSPS) is 17.6. The minimum atomic E-state index is -0.528. The molecule has 144 valence electrons. The van der Waals surface area contributed by atoms with Crippen LogP contribution in [-0.4, -0.2) is 41.2 Å². The summed E-state index contributed by atoms with van der Waals surface area (Å²) in [6.07, 6.45) is 1.58. The van der Waals surface area contributed by atoms with Crippen molar-refractivity contribution >= 4 is 23.3 Å². The van der Waals surface area contributed by atoms with Gasteiger partial charge in [0.25, 0.3) is 5.91 Å². The molecule has 2 amide bonds. The van der Waals surface area contributed by atoms with Crippen molar-refractivity contribution < 1.29 is 19.1 Å². The molecule has 0 unspecified atom stereocenters. The number of ether oxygens (including phenoxy) is 1. The maximum Gasteiger partial charge on any atom is 0.253 e. The van der Waals surface area contributed by atoms with Gasteiger partial charge in [-0.25, -0.2) is 0 Å². The highest BCUT2D eigenvalue weighted by atomic mass is 16.5. The van der Waals surface area contributed by atoms with E-state index >= 15 is 0 Å². The molecule has 2 aliphatic heterocycles. The molecule has 4 rings (SSSR count). The van der Waals surface area contributed by atoms with Gasteiger partial charge in [0.15, 0.2) is 5.78 Å². The average Bonchev–Trinajstić information content (AvgIpc) is 2.68. The lowest BCUT2D eigenvalue weighted by molar-refractivity contribution is -0.114. The van der Waals surface area contributed by atoms with Crippen molar-refractivity contribution in [3.8, 4) is 5.75 Å². The lowest BCUT2D eigenvalue weighted by Gasteiger charge is -2.44. The third-order valence-electron chi connectivity index (χ3n) is 5.39. The summed E-state index contributed by atoms with van der Waals surface area (Å²) >= 11 is 0. The Morgan fingerprint density at radius 1 is 1.07 bits per heavy atom. The summed E-state index contributed by atoms with van der Waals surface area (Å²) in [7, 11) is 0. The van der Waals surface area contributed by atoms with Crippen molar-refractivity contribution in [2.24, 2.45) is 0 Å². The molecule has 1 fully saturated rings. The summed E-state index contributed by atoms with van der Waals surface area (Å²) in [6, 6.07) is 14.3. The highest BCUT2D eigenvalue weighted by Crippen LogP contribution is 2.39. The van der Waals surface area contributed by atoms with Crippen molar-refractivity contribution in [2.45, 2.75) is 31.8 Å². The Labute approximate surface area is 163 Å². The maximum absolute atomic E-state index is 12.9. The van der Waals surface area contributed by atoms with Crippen LogP contribution in [0.5, 0.6) is 5.75 Å². The summed E-state index contributed by atoms with van der Waals surface area (Å²) in [5.74, 6) is 0.486. The molecule has 2 heterocycles. The Balaban J connectivity index is 1.45. The van der Waals surface area contributed by atoms with E-state index in [0.717, 1.165) is 0 Å². The lowest BCUT2D eigenvalue weighted by Crippen LogP contribution is -2.52. The highest BCUT2D eigenvalue weighted by Gasteiger charge is 2.43. The molecule has 6 heteroatoms. The first-order valence-electron chi connectivity index (χ1n) is 9.44. The van der Waals surface area contributed by atoms with Gasteiger partial charge in [-0.1, -0.05) is 18.2 Å². The fourth-order valence-electron chi connectivity index (χ4n) is 3.96. The number of rotatable bonds is 2. The van der Waals surface area contributed by atoms with Gasteiger partial charge in [0.2, 0.25) is 5.91 Å². The maximum atomic E-state index is 12.9. The number of ketones is 1. The molecule has 2 aromatic rings. The number of likely N-dealkylation sites (tertiary alicyclic amines) is 1. The van der Waals surface area contributed by atoms with Gasteiger partial charge in [-0.05, 0) is 30.3 Å². The van der Waals surface area contributed by atoms with Gasteiger partial charge in [-0.15, -0.1) is 0 Å². The molecule has 0 radical (unpaired) electrons. The number of carbonyl (C=O) groups is 3. The van der Waals surface area contributed by atoms with Crippen LogP contribution in [0.1, 0.15) is 46.9 Å². The van der Waals surface area contributed by atoms with E-state index in [1.54, 1.807) is 35.2 Å². The van der Waals surface area contributed by atoms with E-state index in [1.165, 1.54) is 6.92 Å². The second kappa shape index (κ2) is 7.11. The van der Waals surface area contributed by atoms with Crippen LogP contribution >= 0.6 is 0 Å². The van der Waals surface area contributed by atoms with Crippen LogP contribution < -0.4 is 10.1 Å². The summed E-state index contributed by atoms with van der Waals surface area (Å²) in [4.78, 5) is 38.4. The number of fused-ring (bicyclic) bond motifs is 1. The van der Waals surface area contributed by atoms with E-state index in [2.05, 4.69) is 5.32 Å². The monoisotopic (exact) mass is 378 g/mol. The van der Waals surface area contributed by atoms with E-state index in [1.807, 2.05) is 18.2 Å². The van der Waals surface area contributed by atoms with Crippen LogP contribution in [0.2, 0.25) is 0 Å². The van der Waals surface area contributed by atoms with Gasteiger partial charge in [0.05, 0.1) is 12.0 Å². The van der Waals surface area contributed by atoms with Crippen molar-refractivity contribution in [2.75, 3.05) is 18.4 Å². The van der Waals surface area contributed by atoms with Crippen molar-refractivity contribution in [1.82, 2.24) is 4.90 Å². The van der Waals surface area contributed by atoms with Crippen LogP contribution in [0, 0.1) is 0 Å². The van der Waals surface area contributed by atoms with Crippen molar-refractivity contribution in [1.29, 1.82) is 0 Å². The minimum absolute atomic E-state index is 0.0791. The first-order chi connectivity index (χ1) is 13.5. The molecule has 1 N–H and O–H groups in total. The molecule has 0 aromatic heterocycles. The molecule has 28 heavy (non-hydrogen) atoms. The zero-order valence-corrected chi connectivity index (χ0v) is 15.7. The summed E-state index contributed by atoms with van der Waals surface area (Å²) in [5, 5.41) is 2.70. The number of anilines is 1. The van der Waals surface area contributed by atoms with E-state index < -0.39 is 5.60 Å². The number of nitrogens with one attached hydrogen (secondary N) is 1. The molecular weight excluding hydrogens is 356 g/mol. The summed E-state index contributed by atoms with van der Waals surface area (Å²) in [5.41, 5.74) is 1.25. The van der Waals surface area contributed by atoms with Gasteiger partial charge < -0.3 is 15.0 Å². The van der Waals surface area contributed by atoms with Gasteiger partial charge in [0.1, 0.15) is 11.4 Å². The first-order valence-corrected chi connectivity index (χ1v) is 9.44. The molecule has 6 nitrogen and oxygen atoms in total. The number of Topliss-reactive ketones (excluding diaryl/α,β-unsaturated/α-hetero) is 1. The number of hydrogen-bond donors (Lipinski definition) is 1. The Kier molecular flexibility index (Phi) is 4.63. The van der Waals surface area contributed by atoms with E-state index in [0.29, 0.717) is 54.9 Å². The minimum Gasteiger partial charge on any atom is -0.486 e. The summed E-state index contributed by atoms with van der Waals surface area (Å²) in [6.45, 7) is 2.49. The van der Waals surface area contributed by atoms with Gasteiger partial charge in [-0.3, -0.25) is 14.4 Å². The van der Waals surface area contributed by atoms with Crippen LogP contribution in [-0.2, 0) is 4.79 Å². The zero-order chi connectivity index (χ0) is 19.7. The number of carbonyl (C=O) groups excluding carboxylic acids is 3. The smallest absolute Gasteiger partial charge is 0.253 e. The van der Waals surface area contributed by atoms with Crippen molar-refractivity contribution in [3.05, 3.63) is 59.7 Å². The lowest BCUT2D eigenvalue weighted by atomic mass is 9.82. The fourth-order valence-corrected chi connectivity index (χ4v) is 3.96. The average molecular weight is 378 g/mol. The number of piperidine rings is 1. The molecular formula is C22H22N2O4. The largest absolute Gasteiger partial charge is 0.486 e. The molecule has 2 aliphatic rings. The van der Waals surface area contributed by atoms with Gasteiger partial charge in [0, 0.05) is 44.1 Å². The second-order valence-electron chi connectivity index (χ2n) is 7.44. The third-order valence-corrected chi connectivity index (χ3v) is 5.39. The molecule has 1 spiro atoms. The van der Waals surface area contributed by atoms with Crippen LogP contribution in [0.4, 0.5) is 5.69 Å². The third kappa shape index (κ3) is 3.50. The van der Waals surface area contributed by atoms with Crippen molar-refractivity contribution in [3.63, 3.8) is 0 Å². The molecule has 0 saturated carbocycles. The Hall–Kier alpha value is -3.15. The molecule has 0 aliphatic carbocycles. The highest BCUT2D eigenvalue weighted by molar-refractivity contribution is 6.00. The molecule has 1 saturated heterocycles. The number of amides is 2. The van der Waals surface area contributed by atoms with E-state index in [-0.39, 0.29) is 17.6 Å². The predicted molar refractivity (Wildman–Crippen MR) is 105 cm³/mol. The van der Waals surface area contributed by atoms with E-state index in [4.69, 9.17) is 4.74 Å². The Morgan fingerprint density at radius 3 is 2.57 bits per heavy atom. The van der Waals surface area contributed by atoms with Crippen LogP contribution in [0.3, 0.4) is 0 Å². The topological polar surface area (TPSA) is 75.7 Å². The van der Waals surface area contributed by atoms with Crippen LogP contribution in [0.25, 0.3) is 0 Å². The van der Waals surface area contributed by atoms with Gasteiger partial charge in [-0.2, -0.15) is 0 Å². The zero-order valence-electron chi connectivity index (χ0n) is 15.7. The number of nitrogens with zero attached hydrogens (tertiary/aromatic N) is 1. The number of hydrogen-bond acceptors (Lipinski definition) is 4. The second-order valence-corrected chi connectivity index (χ2v) is 7.44. The number of para-hydroxylation sites is 1. The fraction of sp³-hybridized carbons (Fsp3) is 0.318. The van der Waals surface area contributed by atoms with E-state index in [9.17, 15) is 14.4 Å². The Morgan fingerprint density at radius 2 is 1.82 bits per heavy atom. The van der Waals surface area contributed by atoms with Crippen LogP contribution in [0.15, 0.2) is 48.5 Å². The first kappa shape index (κ1) is 18.2.